The van der Waals surface area contributed by atoms with E-state index in [4.69, 9.17) is 0 Å². The summed E-state index contributed by atoms with van der Waals surface area (Å²) in [5, 5.41) is 24.6. The predicted molar refractivity (Wildman–Crippen MR) is 84.4 cm³/mol. The summed E-state index contributed by atoms with van der Waals surface area (Å²) in [6, 6.07) is 7.81. The highest BCUT2D eigenvalue weighted by Gasteiger charge is 2.34. The molecule has 2 N–H and O–H groups in total. The number of hydrogen-bond donors (Lipinski definition) is 2. The van der Waals surface area contributed by atoms with E-state index in [2.05, 4.69) is 20.7 Å². The van der Waals surface area contributed by atoms with Crippen LogP contribution in [0.4, 0.5) is 0 Å². The highest BCUT2D eigenvalue weighted by Crippen LogP contribution is 2.29. The van der Waals surface area contributed by atoms with Crippen LogP contribution in [0.5, 0.6) is 0 Å². The molecular weight excluding hydrogens is 294 g/mol. The number of nitrogens with zero attached hydrogens (tertiary/aromatic N) is 4. The smallest absolute Gasteiger partial charge is 0.244 e. The zero-order valence-corrected chi connectivity index (χ0v) is 13.2. The van der Waals surface area contributed by atoms with Crippen molar-refractivity contribution < 1.29 is 9.90 Å². The fourth-order valence-corrected chi connectivity index (χ4v) is 2.97. The molecule has 0 atom stereocenters. The molecule has 0 spiro atoms. The van der Waals surface area contributed by atoms with Crippen LogP contribution in [-0.4, -0.2) is 43.4 Å². The Hall–Kier alpha value is -2.28. The SMILES string of the molecule is Cc1ccc(-c2nnn(CC(=O)NC3(CO)CCCC3)n2)cc1. The third kappa shape index (κ3) is 3.56. The summed E-state index contributed by atoms with van der Waals surface area (Å²) in [4.78, 5) is 13.5. The summed E-state index contributed by atoms with van der Waals surface area (Å²) in [7, 11) is 0. The lowest BCUT2D eigenvalue weighted by molar-refractivity contribution is -0.124. The Morgan fingerprint density at radius 2 is 2.00 bits per heavy atom. The van der Waals surface area contributed by atoms with Gasteiger partial charge in [0, 0.05) is 5.56 Å². The average molecular weight is 315 g/mol. The van der Waals surface area contributed by atoms with Crippen LogP contribution < -0.4 is 5.32 Å². The first-order valence-corrected chi connectivity index (χ1v) is 7.87. The second kappa shape index (κ2) is 6.45. The topological polar surface area (TPSA) is 92.9 Å². The Balaban J connectivity index is 1.64. The van der Waals surface area contributed by atoms with Gasteiger partial charge in [-0.1, -0.05) is 42.7 Å². The Labute approximate surface area is 134 Å². The molecule has 1 fully saturated rings. The number of aromatic nitrogens is 4. The van der Waals surface area contributed by atoms with E-state index in [0.717, 1.165) is 36.8 Å². The molecule has 1 aromatic carbocycles. The number of aryl methyl sites for hydroxylation is 1. The second-order valence-corrected chi connectivity index (χ2v) is 6.20. The lowest BCUT2D eigenvalue weighted by Crippen LogP contribution is -2.50. The van der Waals surface area contributed by atoms with Crippen LogP contribution in [0, 0.1) is 6.92 Å². The maximum absolute atomic E-state index is 12.2. The number of tetrazole rings is 1. The monoisotopic (exact) mass is 315 g/mol. The third-order valence-corrected chi connectivity index (χ3v) is 4.32. The van der Waals surface area contributed by atoms with Crippen molar-refractivity contribution in [3.63, 3.8) is 0 Å². The molecule has 3 rings (SSSR count). The quantitative estimate of drug-likeness (QED) is 0.861. The number of hydrogen-bond acceptors (Lipinski definition) is 5. The van der Waals surface area contributed by atoms with Crippen LogP contribution in [0.2, 0.25) is 0 Å². The van der Waals surface area contributed by atoms with Gasteiger partial charge in [0.15, 0.2) is 0 Å². The van der Waals surface area contributed by atoms with Crippen molar-refractivity contribution in [2.24, 2.45) is 0 Å². The number of carbonyl (C=O) groups excluding carboxylic acids is 1. The Morgan fingerprint density at radius 3 is 2.65 bits per heavy atom. The van der Waals surface area contributed by atoms with E-state index in [1.54, 1.807) is 0 Å². The maximum Gasteiger partial charge on any atom is 0.244 e. The third-order valence-electron chi connectivity index (χ3n) is 4.32. The van der Waals surface area contributed by atoms with Crippen LogP contribution in [-0.2, 0) is 11.3 Å². The van der Waals surface area contributed by atoms with Crippen molar-refractivity contribution in [1.29, 1.82) is 0 Å². The maximum atomic E-state index is 12.2. The fraction of sp³-hybridized carbons (Fsp3) is 0.500. The van der Waals surface area contributed by atoms with Gasteiger partial charge in [0.25, 0.3) is 0 Å². The molecular formula is C16H21N5O2. The van der Waals surface area contributed by atoms with Crippen LogP contribution in [0.25, 0.3) is 11.4 Å². The van der Waals surface area contributed by atoms with Gasteiger partial charge < -0.3 is 10.4 Å². The Kier molecular flexibility index (Phi) is 4.38. The minimum absolute atomic E-state index is 0.000606. The van der Waals surface area contributed by atoms with Gasteiger partial charge in [-0.3, -0.25) is 4.79 Å². The Morgan fingerprint density at radius 1 is 1.30 bits per heavy atom. The van der Waals surface area contributed by atoms with Crippen molar-refractivity contribution in [3.05, 3.63) is 29.8 Å². The summed E-state index contributed by atoms with van der Waals surface area (Å²) in [6.07, 6.45) is 3.68. The number of aliphatic hydroxyl groups excluding tert-OH is 1. The van der Waals surface area contributed by atoms with Crippen LogP contribution in [0.1, 0.15) is 31.2 Å². The van der Waals surface area contributed by atoms with Crippen molar-refractivity contribution >= 4 is 5.91 Å². The van der Waals surface area contributed by atoms with Crippen LogP contribution in [0.3, 0.4) is 0 Å². The molecule has 1 aliphatic rings. The molecule has 2 aromatic rings. The normalized spacial score (nSPS) is 16.4. The number of benzene rings is 1. The van der Waals surface area contributed by atoms with Gasteiger partial charge in [-0.05, 0) is 25.0 Å². The van der Waals surface area contributed by atoms with Gasteiger partial charge in [-0.15, -0.1) is 10.2 Å². The van der Waals surface area contributed by atoms with Gasteiger partial charge in [0.05, 0.1) is 12.1 Å². The van der Waals surface area contributed by atoms with Gasteiger partial charge in [-0.25, -0.2) is 0 Å². The number of carbonyl (C=O) groups is 1. The van der Waals surface area contributed by atoms with E-state index < -0.39 is 5.54 Å². The molecule has 1 saturated carbocycles. The Bertz CT molecular complexity index is 674. The molecule has 0 aliphatic heterocycles. The fourth-order valence-electron chi connectivity index (χ4n) is 2.97. The van der Waals surface area contributed by atoms with Crippen LogP contribution in [0.15, 0.2) is 24.3 Å². The lowest BCUT2D eigenvalue weighted by atomic mass is 9.99. The molecule has 23 heavy (non-hydrogen) atoms. The molecule has 1 amide bonds. The van der Waals surface area contributed by atoms with Gasteiger partial charge in [-0.2, -0.15) is 4.80 Å². The molecule has 7 heteroatoms. The minimum Gasteiger partial charge on any atom is -0.394 e. The van der Waals surface area contributed by atoms with E-state index in [-0.39, 0.29) is 19.1 Å². The minimum atomic E-state index is -0.475. The molecule has 7 nitrogen and oxygen atoms in total. The number of aliphatic hydroxyl groups is 1. The lowest BCUT2D eigenvalue weighted by Gasteiger charge is -2.27. The summed E-state index contributed by atoms with van der Waals surface area (Å²) >= 11 is 0. The standard InChI is InChI=1S/C16H21N5O2/c1-12-4-6-13(7-5-12)15-18-20-21(19-15)10-14(23)17-16(11-22)8-2-3-9-16/h4-7,22H,2-3,8-11H2,1H3,(H,17,23). The molecule has 0 unspecified atom stereocenters. The van der Waals surface area contributed by atoms with Crippen molar-refractivity contribution in [3.8, 4) is 11.4 Å². The number of nitrogens with one attached hydrogen (secondary N) is 1. The van der Waals surface area contributed by atoms with E-state index in [9.17, 15) is 9.90 Å². The second-order valence-electron chi connectivity index (χ2n) is 6.20. The van der Waals surface area contributed by atoms with E-state index in [1.165, 1.54) is 4.80 Å². The summed E-state index contributed by atoms with van der Waals surface area (Å²) in [6.45, 7) is 1.98. The van der Waals surface area contributed by atoms with Crippen molar-refractivity contribution in [2.75, 3.05) is 6.61 Å². The summed E-state index contributed by atoms with van der Waals surface area (Å²) < 4.78 is 0. The van der Waals surface area contributed by atoms with Gasteiger partial charge in [0.1, 0.15) is 6.54 Å². The van der Waals surface area contributed by atoms with Crippen molar-refractivity contribution in [1.82, 2.24) is 25.5 Å². The van der Waals surface area contributed by atoms with E-state index in [0.29, 0.717) is 5.82 Å². The van der Waals surface area contributed by atoms with Gasteiger partial charge in [0.2, 0.25) is 11.7 Å². The summed E-state index contributed by atoms with van der Waals surface area (Å²) in [5.74, 6) is 0.296. The molecule has 1 aliphatic carbocycles. The molecule has 1 heterocycles. The van der Waals surface area contributed by atoms with E-state index in [1.807, 2.05) is 31.2 Å². The number of rotatable bonds is 5. The van der Waals surface area contributed by atoms with Crippen molar-refractivity contribution in [2.45, 2.75) is 44.7 Å². The number of amides is 1. The highest BCUT2D eigenvalue weighted by molar-refractivity contribution is 5.76. The molecule has 122 valence electrons. The first-order valence-electron chi connectivity index (χ1n) is 7.87. The van der Waals surface area contributed by atoms with Crippen LogP contribution >= 0.6 is 0 Å². The molecule has 0 radical (unpaired) electrons. The zero-order chi connectivity index (χ0) is 16.3. The van der Waals surface area contributed by atoms with E-state index >= 15 is 0 Å². The average Bonchev–Trinajstić information content (AvgIpc) is 3.18. The zero-order valence-electron chi connectivity index (χ0n) is 13.2. The highest BCUT2D eigenvalue weighted by atomic mass is 16.3. The van der Waals surface area contributed by atoms with Gasteiger partial charge >= 0.3 is 0 Å². The predicted octanol–water partition coefficient (Wildman–Crippen LogP) is 1.07. The molecule has 0 bridgehead atoms. The molecule has 1 aromatic heterocycles. The molecule has 0 saturated heterocycles. The first kappa shape index (κ1) is 15.6. The largest absolute Gasteiger partial charge is 0.394 e. The first-order chi connectivity index (χ1) is 11.1. The summed E-state index contributed by atoms with van der Waals surface area (Å²) in [5.41, 5.74) is 1.55.